The van der Waals surface area contributed by atoms with Crippen molar-refractivity contribution in [2.45, 2.75) is 13.0 Å². The van der Waals surface area contributed by atoms with Crippen LogP contribution in [-0.2, 0) is 0 Å². The van der Waals surface area contributed by atoms with Crippen molar-refractivity contribution in [3.8, 4) is 11.5 Å². The molecular weight excluding hydrogens is 312 g/mol. The van der Waals surface area contributed by atoms with Crippen LogP contribution in [0.3, 0.4) is 0 Å². The second-order valence-electron chi connectivity index (χ2n) is 5.17. The minimum absolute atomic E-state index is 0.121. The molecule has 1 amide bonds. The zero-order valence-electron chi connectivity index (χ0n) is 13.4. The van der Waals surface area contributed by atoms with Gasteiger partial charge in [0.2, 0.25) is 0 Å². The predicted molar refractivity (Wildman–Crippen MR) is 88.5 cm³/mol. The molecule has 1 unspecified atom stereocenters. The van der Waals surface area contributed by atoms with Crippen LogP contribution in [-0.4, -0.2) is 30.6 Å². The summed E-state index contributed by atoms with van der Waals surface area (Å²) in [5, 5.41) is 13.5. The van der Waals surface area contributed by atoms with Gasteiger partial charge in [-0.2, -0.15) is 0 Å². The lowest BCUT2D eigenvalue weighted by Gasteiger charge is -2.15. The Kier molecular flexibility index (Phi) is 5.73. The number of rotatable bonds is 7. The summed E-state index contributed by atoms with van der Waals surface area (Å²) in [5.74, 6) is 1.01. The van der Waals surface area contributed by atoms with E-state index >= 15 is 0 Å². The molecule has 7 heteroatoms. The van der Waals surface area contributed by atoms with E-state index in [0.29, 0.717) is 5.75 Å². The molecule has 0 aromatic heterocycles. The lowest BCUT2D eigenvalue weighted by molar-refractivity contribution is -0.384. The van der Waals surface area contributed by atoms with Gasteiger partial charge in [-0.3, -0.25) is 14.9 Å². The van der Waals surface area contributed by atoms with Gasteiger partial charge in [-0.15, -0.1) is 0 Å². The fourth-order valence-corrected chi connectivity index (χ4v) is 2.00. The number of nitrogens with one attached hydrogen (secondary N) is 1. The van der Waals surface area contributed by atoms with Crippen molar-refractivity contribution in [2.75, 3.05) is 13.7 Å². The molecule has 7 nitrogen and oxygen atoms in total. The highest BCUT2D eigenvalue weighted by Gasteiger charge is 2.14. The first-order valence-electron chi connectivity index (χ1n) is 7.32. The Bertz CT molecular complexity index is 715. The van der Waals surface area contributed by atoms with Gasteiger partial charge in [0.05, 0.1) is 18.1 Å². The standard InChI is InChI=1S/C17H18N2O5/c1-12(11-24-16-8-6-15(23-2)7-9-16)18-17(20)13-4-3-5-14(10-13)19(21)22/h3-10,12H,11H2,1-2H3,(H,18,20). The molecule has 0 saturated carbocycles. The lowest BCUT2D eigenvalue weighted by atomic mass is 10.2. The van der Waals surface area contributed by atoms with Gasteiger partial charge in [0.25, 0.3) is 11.6 Å². The Labute approximate surface area is 139 Å². The van der Waals surface area contributed by atoms with Crippen LogP contribution in [0.2, 0.25) is 0 Å². The number of methoxy groups -OCH3 is 1. The minimum atomic E-state index is -0.535. The quantitative estimate of drug-likeness (QED) is 0.622. The second-order valence-corrected chi connectivity index (χ2v) is 5.17. The van der Waals surface area contributed by atoms with E-state index in [2.05, 4.69) is 5.32 Å². The number of non-ortho nitro benzene ring substituents is 1. The summed E-state index contributed by atoms with van der Waals surface area (Å²) < 4.78 is 10.6. The van der Waals surface area contributed by atoms with Crippen LogP contribution < -0.4 is 14.8 Å². The molecule has 2 aromatic carbocycles. The number of amides is 1. The van der Waals surface area contributed by atoms with Crippen molar-refractivity contribution < 1.29 is 19.2 Å². The van der Waals surface area contributed by atoms with Crippen LogP contribution in [0.5, 0.6) is 11.5 Å². The van der Waals surface area contributed by atoms with Crippen LogP contribution >= 0.6 is 0 Å². The third-order valence-corrected chi connectivity index (χ3v) is 3.26. The minimum Gasteiger partial charge on any atom is -0.497 e. The third kappa shape index (κ3) is 4.70. The molecule has 0 radical (unpaired) electrons. The molecule has 0 aliphatic rings. The lowest BCUT2D eigenvalue weighted by Crippen LogP contribution is -2.36. The third-order valence-electron chi connectivity index (χ3n) is 3.26. The normalized spacial score (nSPS) is 11.4. The van der Waals surface area contributed by atoms with Gasteiger partial charge >= 0.3 is 0 Å². The van der Waals surface area contributed by atoms with E-state index in [4.69, 9.17) is 9.47 Å². The molecule has 126 valence electrons. The second kappa shape index (κ2) is 7.96. The SMILES string of the molecule is COc1ccc(OCC(C)NC(=O)c2cccc([N+](=O)[O-])c2)cc1. The van der Waals surface area contributed by atoms with Crippen LogP contribution in [0, 0.1) is 10.1 Å². The number of hydrogen-bond acceptors (Lipinski definition) is 5. The molecule has 0 spiro atoms. The van der Waals surface area contributed by atoms with Crippen LogP contribution in [0.15, 0.2) is 48.5 Å². The molecule has 0 fully saturated rings. The van der Waals surface area contributed by atoms with Gasteiger partial charge in [-0.25, -0.2) is 0 Å². The van der Waals surface area contributed by atoms with Crippen molar-refractivity contribution in [1.82, 2.24) is 5.32 Å². The van der Waals surface area contributed by atoms with Gasteiger partial charge in [-0.1, -0.05) is 6.07 Å². The first-order chi connectivity index (χ1) is 11.5. The predicted octanol–water partition coefficient (Wildman–Crippen LogP) is 2.80. The topological polar surface area (TPSA) is 90.7 Å². The van der Waals surface area contributed by atoms with Crippen LogP contribution in [0.4, 0.5) is 5.69 Å². The molecule has 0 heterocycles. The molecule has 2 aromatic rings. The van der Waals surface area contributed by atoms with E-state index in [1.165, 1.54) is 24.3 Å². The number of nitrogens with zero attached hydrogens (tertiary/aromatic N) is 1. The van der Waals surface area contributed by atoms with Gasteiger partial charge in [-0.05, 0) is 37.3 Å². The fourth-order valence-electron chi connectivity index (χ4n) is 2.00. The Balaban J connectivity index is 1.89. The number of nitro benzene ring substituents is 1. The zero-order valence-corrected chi connectivity index (χ0v) is 13.4. The Morgan fingerprint density at radius 3 is 2.50 bits per heavy atom. The molecule has 24 heavy (non-hydrogen) atoms. The fraction of sp³-hybridized carbons (Fsp3) is 0.235. The highest BCUT2D eigenvalue weighted by atomic mass is 16.6. The first kappa shape index (κ1) is 17.3. The van der Waals surface area contributed by atoms with Gasteiger partial charge in [0.1, 0.15) is 18.1 Å². The Hall–Kier alpha value is -3.09. The highest BCUT2D eigenvalue weighted by molar-refractivity contribution is 5.94. The van der Waals surface area contributed by atoms with E-state index in [1.807, 2.05) is 0 Å². The summed E-state index contributed by atoms with van der Waals surface area (Å²) in [6.45, 7) is 2.06. The van der Waals surface area contributed by atoms with Crippen molar-refractivity contribution in [3.05, 3.63) is 64.2 Å². The zero-order chi connectivity index (χ0) is 17.5. The first-order valence-corrected chi connectivity index (χ1v) is 7.32. The summed E-state index contributed by atoms with van der Waals surface area (Å²) in [4.78, 5) is 22.3. The average molecular weight is 330 g/mol. The van der Waals surface area contributed by atoms with E-state index in [0.717, 1.165) is 5.75 Å². The number of ether oxygens (including phenoxy) is 2. The number of benzene rings is 2. The average Bonchev–Trinajstić information content (AvgIpc) is 2.60. The number of carbonyl (C=O) groups is 1. The summed E-state index contributed by atoms with van der Waals surface area (Å²) in [7, 11) is 1.58. The molecular formula is C17H18N2O5. The summed E-state index contributed by atoms with van der Waals surface area (Å²) in [6, 6.07) is 12.4. The van der Waals surface area contributed by atoms with Crippen LogP contribution in [0.1, 0.15) is 17.3 Å². The highest BCUT2D eigenvalue weighted by Crippen LogP contribution is 2.17. The van der Waals surface area contributed by atoms with Gasteiger partial charge < -0.3 is 14.8 Å². The Morgan fingerprint density at radius 2 is 1.88 bits per heavy atom. The molecule has 0 aliphatic heterocycles. The monoisotopic (exact) mass is 330 g/mol. The number of hydrogen-bond donors (Lipinski definition) is 1. The molecule has 1 N–H and O–H groups in total. The Morgan fingerprint density at radius 1 is 1.21 bits per heavy atom. The van der Waals surface area contributed by atoms with Crippen molar-refractivity contribution in [1.29, 1.82) is 0 Å². The van der Waals surface area contributed by atoms with E-state index in [1.54, 1.807) is 38.3 Å². The maximum atomic E-state index is 12.1. The number of nitro groups is 1. The van der Waals surface area contributed by atoms with E-state index < -0.39 is 4.92 Å². The van der Waals surface area contributed by atoms with E-state index in [9.17, 15) is 14.9 Å². The summed E-state index contributed by atoms with van der Waals surface area (Å²) in [6.07, 6.45) is 0. The summed E-state index contributed by atoms with van der Waals surface area (Å²) in [5.41, 5.74) is 0.116. The van der Waals surface area contributed by atoms with Crippen molar-refractivity contribution >= 4 is 11.6 Å². The van der Waals surface area contributed by atoms with Crippen LogP contribution in [0.25, 0.3) is 0 Å². The molecule has 0 saturated heterocycles. The van der Waals surface area contributed by atoms with Gasteiger partial charge in [0, 0.05) is 17.7 Å². The molecule has 0 bridgehead atoms. The summed E-state index contributed by atoms with van der Waals surface area (Å²) >= 11 is 0. The van der Waals surface area contributed by atoms with Crippen molar-refractivity contribution in [2.24, 2.45) is 0 Å². The van der Waals surface area contributed by atoms with E-state index in [-0.39, 0.29) is 29.8 Å². The molecule has 1 atom stereocenters. The van der Waals surface area contributed by atoms with Gasteiger partial charge in [0.15, 0.2) is 0 Å². The largest absolute Gasteiger partial charge is 0.497 e. The maximum Gasteiger partial charge on any atom is 0.270 e. The molecule has 2 rings (SSSR count). The maximum absolute atomic E-state index is 12.1. The smallest absolute Gasteiger partial charge is 0.270 e. The number of carbonyl (C=O) groups excluding carboxylic acids is 1. The molecule has 0 aliphatic carbocycles. The van der Waals surface area contributed by atoms with Crippen molar-refractivity contribution in [3.63, 3.8) is 0 Å².